The zero-order chi connectivity index (χ0) is 21.5. The van der Waals surface area contributed by atoms with Gasteiger partial charge in [0.25, 0.3) is 5.69 Å². The molecule has 1 heterocycles. The van der Waals surface area contributed by atoms with Crippen LogP contribution in [0.15, 0.2) is 53.6 Å². The summed E-state index contributed by atoms with van der Waals surface area (Å²) in [6.45, 7) is 2.06. The number of hydrogen-bond donors (Lipinski definition) is 2. The maximum atomic E-state index is 12.8. The summed E-state index contributed by atoms with van der Waals surface area (Å²) in [6.07, 6.45) is 4.05. The van der Waals surface area contributed by atoms with Gasteiger partial charge in [0.15, 0.2) is 0 Å². The molecule has 1 aliphatic heterocycles. The van der Waals surface area contributed by atoms with E-state index in [0.717, 1.165) is 12.8 Å². The molecule has 2 N–H and O–H groups in total. The first kappa shape index (κ1) is 21.0. The molecule has 9 heteroatoms. The molecular weight excluding hydrogens is 386 g/mol. The van der Waals surface area contributed by atoms with Crippen LogP contribution >= 0.6 is 0 Å². The van der Waals surface area contributed by atoms with Gasteiger partial charge in [0.2, 0.25) is 11.8 Å². The summed E-state index contributed by atoms with van der Waals surface area (Å²) in [5.41, 5.74) is 1.88. The molecule has 1 unspecified atom stereocenters. The van der Waals surface area contributed by atoms with E-state index in [1.807, 2.05) is 0 Å². The number of nitrogens with one attached hydrogen (secondary N) is 2. The molecule has 2 aromatic rings. The van der Waals surface area contributed by atoms with Crippen LogP contribution in [0.4, 0.5) is 17.1 Å². The third kappa shape index (κ3) is 5.63. The second kappa shape index (κ2) is 9.64. The standard InChI is InChI=1S/C21H23N5O4/c1-15(27)23-17-8-10-18(11-9-17)24-21(28)20-7-2-3-12-25(20)22-14-16-5-4-6-19(13-16)26(29)30/h4-6,8-11,13-14,20H,2-3,7,12H2,1H3,(H,23,27)(H,24,28)/b22-14+. The number of carbonyl (C=O) groups excluding carboxylic acids is 2. The van der Waals surface area contributed by atoms with E-state index in [1.165, 1.54) is 19.1 Å². The van der Waals surface area contributed by atoms with Gasteiger partial charge in [-0.05, 0) is 43.5 Å². The largest absolute Gasteiger partial charge is 0.326 e. The fourth-order valence-corrected chi connectivity index (χ4v) is 3.25. The predicted molar refractivity (Wildman–Crippen MR) is 114 cm³/mol. The first-order valence-corrected chi connectivity index (χ1v) is 9.66. The lowest BCUT2D eigenvalue weighted by Gasteiger charge is -2.32. The Bertz CT molecular complexity index is 958. The molecule has 1 saturated heterocycles. The van der Waals surface area contributed by atoms with Gasteiger partial charge in [-0.15, -0.1) is 0 Å². The third-order valence-electron chi connectivity index (χ3n) is 4.69. The lowest BCUT2D eigenvalue weighted by Crippen LogP contribution is -2.44. The maximum absolute atomic E-state index is 12.8. The van der Waals surface area contributed by atoms with Crippen molar-refractivity contribution in [2.75, 3.05) is 17.2 Å². The van der Waals surface area contributed by atoms with Crippen LogP contribution in [0.1, 0.15) is 31.7 Å². The molecule has 9 nitrogen and oxygen atoms in total. The Morgan fingerprint density at radius 3 is 2.50 bits per heavy atom. The molecule has 0 aromatic heterocycles. The summed E-state index contributed by atoms with van der Waals surface area (Å²) >= 11 is 0. The van der Waals surface area contributed by atoms with E-state index in [4.69, 9.17) is 0 Å². The lowest BCUT2D eigenvalue weighted by molar-refractivity contribution is -0.384. The first-order chi connectivity index (χ1) is 14.4. The molecule has 3 rings (SSSR count). The van der Waals surface area contributed by atoms with Crippen LogP contribution in [-0.2, 0) is 9.59 Å². The molecule has 0 aliphatic carbocycles. The Morgan fingerprint density at radius 2 is 1.83 bits per heavy atom. The molecule has 30 heavy (non-hydrogen) atoms. The Labute approximate surface area is 173 Å². The highest BCUT2D eigenvalue weighted by Gasteiger charge is 2.27. The predicted octanol–water partition coefficient (Wildman–Crippen LogP) is 3.38. The second-order valence-electron chi connectivity index (χ2n) is 7.02. The average Bonchev–Trinajstić information content (AvgIpc) is 2.73. The maximum Gasteiger partial charge on any atom is 0.270 e. The SMILES string of the molecule is CC(=O)Nc1ccc(NC(=O)C2CCCCN2/N=C/c2cccc([N+](=O)[O-])c2)cc1. The van der Waals surface area contributed by atoms with E-state index in [0.29, 0.717) is 29.9 Å². The summed E-state index contributed by atoms with van der Waals surface area (Å²) in [4.78, 5) is 34.4. The molecule has 0 radical (unpaired) electrons. The Hall–Kier alpha value is -3.75. The van der Waals surface area contributed by atoms with Gasteiger partial charge in [-0.3, -0.25) is 24.7 Å². The summed E-state index contributed by atoms with van der Waals surface area (Å²) in [5.74, 6) is -0.329. The number of non-ortho nitro benzene ring substituents is 1. The number of anilines is 2. The van der Waals surface area contributed by atoms with Gasteiger partial charge in [-0.25, -0.2) is 0 Å². The molecule has 1 fully saturated rings. The minimum atomic E-state index is -0.453. The minimum Gasteiger partial charge on any atom is -0.326 e. The number of carbonyl (C=O) groups is 2. The molecular formula is C21H23N5O4. The zero-order valence-electron chi connectivity index (χ0n) is 16.6. The van der Waals surface area contributed by atoms with Crippen LogP contribution in [0.25, 0.3) is 0 Å². The number of benzene rings is 2. The molecule has 2 amide bonds. The van der Waals surface area contributed by atoms with Crippen molar-refractivity contribution in [2.45, 2.75) is 32.2 Å². The van der Waals surface area contributed by atoms with Crippen LogP contribution in [-0.4, -0.2) is 40.5 Å². The molecule has 2 aromatic carbocycles. The number of nitrogens with zero attached hydrogens (tertiary/aromatic N) is 3. The first-order valence-electron chi connectivity index (χ1n) is 9.66. The number of nitro groups is 1. The van der Waals surface area contributed by atoms with Crippen molar-refractivity contribution < 1.29 is 14.5 Å². The fraction of sp³-hybridized carbons (Fsp3) is 0.286. The molecule has 156 valence electrons. The van der Waals surface area contributed by atoms with Crippen molar-refractivity contribution in [3.63, 3.8) is 0 Å². The summed E-state index contributed by atoms with van der Waals surface area (Å²) < 4.78 is 0. The number of amides is 2. The Kier molecular flexibility index (Phi) is 6.74. The molecule has 0 saturated carbocycles. The number of piperidine rings is 1. The minimum absolute atomic E-state index is 0.00500. The van der Waals surface area contributed by atoms with Crippen molar-refractivity contribution in [2.24, 2.45) is 5.10 Å². The van der Waals surface area contributed by atoms with Gasteiger partial charge >= 0.3 is 0 Å². The fourth-order valence-electron chi connectivity index (χ4n) is 3.25. The van der Waals surface area contributed by atoms with E-state index in [9.17, 15) is 19.7 Å². The molecule has 1 atom stereocenters. The van der Waals surface area contributed by atoms with Crippen LogP contribution in [0.2, 0.25) is 0 Å². The smallest absolute Gasteiger partial charge is 0.270 e. The van der Waals surface area contributed by atoms with Crippen LogP contribution in [0.5, 0.6) is 0 Å². The van der Waals surface area contributed by atoms with Crippen molar-refractivity contribution in [1.82, 2.24) is 5.01 Å². The lowest BCUT2D eigenvalue weighted by atomic mass is 10.0. The van der Waals surface area contributed by atoms with Gasteiger partial charge < -0.3 is 10.6 Å². The second-order valence-corrected chi connectivity index (χ2v) is 7.02. The van der Waals surface area contributed by atoms with Gasteiger partial charge in [-0.1, -0.05) is 12.1 Å². The van der Waals surface area contributed by atoms with E-state index in [2.05, 4.69) is 15.7 Å². The number of hydrogen-bond acceptors (Lipinski definition) is 6. The average molecular weight is 409 g/mol. The van der Waals surface area contributed by atoms with Crippen molar-refractivity contribution in [3.05, 3.63) is 64.2 Å². The van der Waals surface area contributed by atoms with E-state index in [1.54, 1.807) is 47.6 Å². The van der Waals surface area contributed by atoms with Crippen molar-refractivity contribution in [1.29, 1.82) is 0 Å². The van der Waals surface area contributed by atoms with Crippen LogP contribution < -0.4 is 10.6 Å². The van der Waals surface area contributed by atoms with E-state index in [-0.39, 0.29) is 17.5 Å². The third-order valence-corrected chi connectivity index (χ3v) is 4.69. The monoisotopic (exact) mass is 409 g/mol. The van der Waals surface area contributed by atoms with E-state index >= 15 is 0 Å². The Morgan fingerprint density at radius 1 is 1.13 bits per heavy atom. The quantitative estimate of drug-likeness (QED) is 0.431. The van der Waals surface area contributed by atoms with Gasteiger partial charge in [0, 0.05) is 42.5 Å². The number of rotatable bonds is 6. The zero-order valence-corrected chi connectivity index (χ0v) is 16.6. The topological polar surface area (TPSA) is 117 Å². The highest BCUT2D eigenvalue weighted by Crippen LogP contribution is 2.21. The molecule has 1 aliphatic rings. The van der Waals surface area contributed by atoms with E-state index < -0.39 is 11.0 Å². The summed E-state index contributed by atoms with van der Waals surface area (Å²) in [6, 6.07) is 12.7. The number of nitro benzene ring substituents is 1. The highest BCUT2D eigenvalue weighted by atomic mass is 16.6. The van der Waals surface area contributed by atoms with Gasteiger partial charge in [-0.2, -0.15) is 5.10 Å². The van der Waals surface area contributed by atoms with Crippen LogP contribution in [0.3, 0.4) is 0 Å². The Balaban J connectivity index is 1.67. The van der Waals surface area contributed by atoms with Crippen molar-refractivity contribution >= 4 is 35.1 Å². The normalized spacial score (nSPS) is 16.3. The molecule has 0 bridgehead atoms. The summed E-state index contributed by atoms with van der Waals surface area (Å²) in [5, 5.41) is 22.6. The highest BCUT2D eigenvalue weighted by molar-refractivity contribution is 5.95. The summed E-state index contributed by atoms with van der Waals surface area (Å²) in [7, 11) is 0. The van der Waals surface area contributed by atoms with Crippen molar-refractivity contribution in [3.8, 4) is 0 Å². The van der Waals surface area contributed by atoms with Gasteiger partial charge in [0.1, 0.15) is 6.04 Å². The van der Waals surface area contributed by atoms with Crippen LogP contribution in [0, 0.1) is 10.1 Å². The number of hydrazone groups is 1. The molecule has 0 spiro atoms. The van der Waals surface area contributed by atoms with Gasteiger partial charge in [0.05, 0.1) is 11.1 Å².